The molecule has 2 heterocycles. The lowest BCUT2D eigenvalue weighted by atomic mass is 9.75. The first-order valence-electron chi connectivity index (χ1n) is 7.60. The van der Waals surface area contributed by atoms with Crippen molar-refractivity contribution in [3.05, 3.63) is 24.0 Å². The molecule has 1 aliphatic heterocycles. The molecule has 1 saturated heterocycles. The first-order valence-corrected chi connectivity index (χ1v) is 7.60. The summed E-state index contributed by atoms with van der Waals surface area (Å²) in [4.78, 5) is 14.6. The van der Waals surface area contributed by atoms with Gasteiger partial charge < -0.3 is 4.57 Å². The van der Waals surface area contributed by atoms with Crippen LogP contribution in [-0.4, -0.2) is 34.9 Å². The van der Waals surface area contributed by atoms with Gasteiger partial charge in [-0.1, -0.05) is 19.3 Å². The fourth-order valence-corrected chi connectivity index (χ4v) is 3.78. The van der Waals surface area contributed by atoms with Gasteiger partial charge in [0, 0.05) is 31.5 Å². The van der Waals surface area contributed by atoms with E-state index in [4.69, 9.17) is 0 Å². The van der Waals surface area contributed by atoms with E-state index in [1.807, 2.05) is 30.1 Å². The lowest BCUT2D eigenvalue weighted by molar-refractivity contribution is 0.0713. The molecule has 1 saturated carbocycles. The second kappa shape index (κ2) is 5.49. The Balaban J connectivity index is 1.57. The Morgan fingerprint density at radius 1 is 1.26 bits per heavy atom. The smallest absolute Gasteiger partial charge is 0.178 e. The van der Waals surface area contributed by atoms with Crippen LogP contribution in [0.15, 0.2) is 18.5 Å². The van der Waals surface area contributed by atoms with Gasteiger partial charge in [-0.25, -0.2) is 0 Å². The highest BCUT2D eigenvalue weighted by Crippen LogP contribution is 2.35. The highest BCUT2D eigenvalue weighted by atomic mass is 16.1. The molecule has 1 aromatic heterocycles. The number of aromatic nitrogens is 1. The molecule has 1 aliphatic carbocycles. The fourth-order valence-electron chi connectivity index (χ4n) is 3.78. The Morgan fingerprint density at radius 3 is 2.79 bits per heavy atom. The maximum atomic E-state index is 12.2. The van der Waals surface area contributed by atoms with E-state index >= 15 is 0 Å². The van der Waals surface area contributed by atoms with Crippen LogP contribution in [-0.2, 0) is 7.05 Å². The molecule has 2 atom stereocenters. The van der Waals surface area contributed by atoms with Crippen LogP contribution in [0.5, 0.6) is 0 Å². The predicted octanol–water partition coefficient (Wildman–Crippen LogP) is 2.72. The van der Waals surface area contributed by atoms with Gasteiger partial charge in [-0.15, -0.1) is 0 Å². The minimum atomic E-state index is 0.273. The zero-order valence-corrected chi connectivity index (χ0v) is 11.8. The molecule has 0 radical (unpaired) electrons. The number of piperidine rings is 1. The third-order valence-electron chi connectivity index (χ3n) is 4.90. The van der Waals surface area contributed by atoms with Gasteiger partial charge in [0.05, 0.1) is 6.54 Å². The zero-order valence-electron chi connectivity index (χ0n) is 11.8. The van der Waals surface area contributed by atoms with Crippen LogP contribution in [0.3, 0.4) is 0 Å². The number of ketones is 1. The van der Waals surface area contributed by atoms with Gasteiger partial charge in [0.15, 0.2) is 5.78 Å². The SMILES string of the molecule is Cn1ccc(C(=O)CN2CCC3CCCCC3C2)c1. The number of hydrogen-bond donors (Lipinski definition) is 0. The van der Waals surface area contributed by atoms with Crippen LogP contribution in [0.25, 0.3) is 0 Å². The van der Waals surface area contributed by atoms with Crippen LogP contribution >= 0.6 is 0 Å². The van der Waals surface area contributed by atoms with E-state index in [9.17, 15) is 4.79 Å². The highest BCUT2D eigenvalue weighted by Gasteiger charge is 2.31. The Bertz CT molecular complexity index is 451. The van der Waals surface area contributed by atoms with E-state index in [2.05, 4.69) is 4.90 Å². The average Bonchev–Trinajstić information content (AvgIpc) is 2.85. The third kappa shape index (κ3) is 2.92. The van der Waals surface area contributed by atoms with Crippen molar-refractivity contribution in [2.75, 3.05) is 19.6 Å². The molecular formula is C16H24N2O. The molecule has 2 unspecified atom stereocenters. The normalized spacial score (nSPS) is 28.1. The Hall–Kier alpha value is -1.09. The maximum absolute atomic E-state index is 12.2. The molecular weight excluding hydrogens is 236 g/mol. The Morgan fingerprint density at radius 2 is 2.05 bits per heavy atom. The predicted molar refractivity (Wildman–Crippen MR) is 76.2 cm³/mol. The molecule has 0 amide bonds. The Labute approximate surface area is 115 Å². The second-order valence-electron chi connectivity index (χ2n) is 6.32. The molecule has 104 valence electrons. The van der Waals surface area contributed by atoms with Gasteiger partial charge in [0.25, 0.3) is 0 Å². The molecule has 2 fully saturated rings. The monoisotopic (exact) mass is 260 g/mol. The number of likely N-dealkylation sites (tertiary alicyclic amines) is 1. The van der Waals surface area contributed by atoms with Crippen molar-refractivity contribution >= 4 is 5.78 Å². The fraction of sp³-hybridized carbons (Fsp3) is 0.688. The average molecular weight is 260 g/mol. The zero-order chi connectivity index (χ0) is 13.2. The van der Waals surface area contributed by atoms with E-state index in [-0.39, 0.29) is 5.78 Å². The van der Waals surface area contributed by atoms with Gasteiger partial charge in [-0.2, -0.15) is 0 Å². The Kier molecular flexibility index (Phi) is 3.74. The standard InChI is InChI=1S/C16H24N2O/c1-17-8-6-15(10-17)16(19)12-18-9-7-13-4-2-3-5-14(13)11-18/h6,8,10,13-14H,2-5,7,9,11-12H2,1H3. The molecule has 0 aromatic carbocycles. The van der Waals surface area contributed by atoms with Gasteiger partial charge in [0.2, 0.25) is 0 Å². The number of carbonyl (C=O) groups is 1. The summed E-state index contributed by atoms with van der Waals surface area (Å²) in [7, 11) is 1.96. The largest absolute Gasteiger partial charge is 0.357 e. The van der Waals surface area contributed by atoms with Crippen molar-refractivity contribution in [3.8, 4) is 0 Å². The number of nitrogens with zero attached hydrogens (tertiary/aromatic N) is 2. The summed E-state index contributed by atoms with van der Waals surface area (Å²) >= 11 is 0. The summed E-state index contributed by atoms with van der Waals surface area (Å²) < 4.78 is 1.95. The molecule has 2 aliphatic rings. The van der Waals surface area contributed by atoms with E-state index in [0.717, 1.165) is 30.5 Å². The van der Waals surface area contributed by atoms with Crippen molar-refractivity contribution in [1.29, 1.82) is 0 Å². The van der Waals surface area contributed by atoms with Gasteiger partial charge >= 0.3 is 0 Å². The van der Waals surface area contributed by atoms with Crippen molar-refractivity contribution in [1.82, 2.24) is 9.47 Å². The van der Waals surface area contributed by atoms with E-state index in [1.165, 1.54) is 32.1 Å². The third-order valence-corrected chi connectivity index (χ3v) is 4.90. The number of aryl methyl sites for hydroxylation is 1. The van der Waals surface area contributed by atoms with Gasteiger partial charge in [0.1, 0.15) is 0 Å². The van der Waals surface area contributed by atoms with Crippen LogP contribution in [0.2, 0.25) is 0 Å². The summed E-state index contributed by atoms with van der Waals surface area (Å²) in [6, 6.07) is 1.93. The maximum Gasteiger partial charge on any atom is 0.178 e. The quantitative estimate of drug-likeness (QED) is 0.781. The van der Waals surface area contributed by atoms with Crippen molar-refractivity contribution in [3.63, 3.8) is 0 Å². The highest BCUT2D eigenvalue weighted by molar-refractivity contribution is 5.97. The van der Waals surface area contributed by atoms with Crippen LogP contribution in [0.4, 0.5) is 0 Å². The van der Waals surface area contributed by atoms with Crippen molar-refractivity contribution < 1.29 is 4.79 Å². The molecule has 3 nitrogen and oxygen atoms in total. The van der Waals surface area contributed by atoms with Crippen LogP contribution < -0.4 is 0 Å². The van der Waals surface area contributed by atoms with Crippen LogP contribution in [0, 0.1) is 11.8 Å². The summed E-state index contributed by atoms with van der Waals surface area (Å²) in [6.45, 7) is 2.86. The summed E-state index contributed by atoms with van der Waals surface area (Å²) in [6.07, 6.45) is 10.8. The number of carbonyl (C=O) groups excluding carboxylic acids is 1. The van der Waals surface area contributed by atoms with E-state index in [1.54, 1.807) is 0 Å². The number of hydrogen-bond acceptors (Lipinski definition) is 2. The van der Waals surface area contributed by atoms with E-state index < -0.39 is 0 Å². The second-order valence-corrected chi connectivity index (χ2v) is 6.32. The van der Waals surface area contributed by atoms with Crippen molar-refractivity contribution in [2.45, 2.75) is 32.1 Å². The number of fused-ring (bicyclic) bond motifs is 1. The molecule has 0 bridgehead atoms. The summed E-state index contributed by atoms with van der Waals surface area (Å²) in [5, 5.41) is 0. The lowest BCUT2D eigenvalue weighted by Crippen LogP contribution is -2.43. The minimum absolute atomic E-state index is 0.273. The topological polar surface area (TPSA) is 25.2 Å². The van der Waals surface area contributed by atoms with Crippen LogP contribution in [0.1, 0.15) is 42.5 Å². The molecule has 0 N–H and O–H groups in total. The summed E-state index contributed by atoms with van der Waals surface area (Å²) in [5.74, 6) is 2.07. The summed E-state index contributed by atoms with van der Waals surface area (Å²) in [5.41, 5.74) is 0.855. The molecule has 0 spiro atoms. The molecule has 3 heteroatoms. The first-order chi connectivity index (χ1) is 9.22. The van der Waals surface area contributed by atoms with E-state index in [0.29, 0.717) is 6.54 Å². The molecule has 19 heavy (non-hydrogen) atoms. The first kappa shape index (κ1) is 12.9. The number of rotatable bonds is 3. The molecule has 3 rings (SSSR count). The lowest BCUT2D eigenvalue weighted by Gasteiger charge is -2.41. The van der Waals surface area contributed by atoms with Gasteiger partial charge in [-0.3, -0.25) is 9.69 Å². The van der Waals surface area contributed by atoms with Gasteiger partial charge in [-0.05, 0) is 37.3 Å². The molecule has 1 aromatic rings. The minimum Gasteiger partial charge on any atom is -0.357 e. The number of Topliss-reactive ketones (excluding diaryl/α,β-unsaturated/α-hetero) is 1. The van der Waals surface area contributed by atoms with Crippen molar-refractivity contribution in [2.24, 2.45) is 18.9 Å².